The number of likely N-dealkylation sites (tertiary alicyclic amines) is 1. The van der Waals surface area contributed by atoms with Crippen molar-refractivity contribution in [2.45, 2.75) is 32.4 Å². The molecule has 0 bridgehead atoms. The fourth-order valence-corrected chi connectivity index (χ4v) is 5.10. The lowest BCUT2D eigenvalue weighted by molar-refractivity contribution is -0.117. The Labute approximate surface area is 200 Å². The third-order valence-electron chi connectivity index (χ3n) is 6.94. The van der Waals surface area contributed by atoms with Gasteiger partial charge >= 0.3 is 0 Å². The fourth-order valence-electron chi connectivity index (χ4n) is 5.10. The van der Waals surface area contributed by atoms with Crippen molar-refractivity contribution < 1.29 is 9.90 Å². The van der Waals surface area contributed by atoms with E-state index in [1.54, 1.807) is 0 Å². The molecule has 0 saturated carbocycles. The predicted octanol–water partition coefficient (Wildman–Crippen LogP) is 4.65. The summed E-state index contributed by atoms with van der Waals surface area (Å²) in [5.74, 6) is 0.0205. The molecule has 0 atom stereocenters. The molecule has 1 amide bonds. The molecule has 1 saturated heterocycles. The first-order chi connectivity index (χ1) is 16.5. The Morgan fingerprint density at radius 1 is 1.00 bits per heavy atom. The minimum Gasteiger partial charge on any atom is -0.392 e. The summed E-state index contributed by atoms with van der Waals surface area (Å²) in [5.41, 5.74) is 6.27. The Balaban J connectivity index is 1.18. The number of aromatic nitrogens is 1. The molecule has 3 aromatic carbocycles. The maximum absolute atomic E-state index is 12.8. The molecule has 2 heterocycles. The molecule has 0 unspecified atom stereocenters. The molecule has 34 heavy (non-hydrogen) atoms. The summed E-state index contributed by atoms with van der Waals surface area (Å²) in [5, 5.41) is 18.7. The number of aliphatic hydroxyl groups excluding tert-OH is 1. The van der Waals surface area contributed by atoms with E-state index in [-0.39, 0.29) is 12.5 Å². The Morgan fingerprint density at radius 3 is 2.56 bits per heavy atom. The Bertz CT molecular complexity index is 1340. The van der Waals surface area contributed by atoms with Crippen LogP contribution in [0.3, 0.4) is 0 Å². The SMILES string of the molecule is Cc1ccc(NC2CCN(CC(=O)Nc3ccc4c(c3)c3ccccc3n4C)CC2)c(CO)c1. The number of para-hydroxylation sites is 1. The van der Waals surface area contributed by atoms with E-state index < -0.39 is 0 Å². The average molecular weight is 457 g/mol. The molecule has 4 aromatic rings. The molecule has 3 N–H and O–H groups in total. The number of aliphatic hydroxyl groups is 1. The zero-order chi connectivity index (χ0) is 23.7. The average Bonchev–Trinajstić information content (AvgIpc) is 3.13. The van der Waals surface area contributed by atoms with Crippen LogP contribution in [-0.4, -0.2) is 46.2 Å². The zero-order valence-corrected chi connectivity index (χ0v) is 19.8. The van der Waals surface area contributed by atoms with Gasteiger partial charge in [0, 0.05) is 64.9 Å². The number of hydrogen-bond acceptors (Lipinski definition) is 4. The van der Waals surface area contributed by atoms with Crippen LogP contribution in [0.2, 0.25) is 0 Å². The van der Waals surface area contributed by atoms with Gasteiger partial charge in [-0.05, 0) is 50.1 Å². The summed E-state index contributed by atoms with van der Waals surface area (Å²) < 4.78 is 2.19. The van der Waals surface area contributed by atoms with Crippen molar-refractivity contribution in [3.63, 3.8) is 0 Å². The number of rotatable bonds is 6. The van der Waals surface area contributed by atoms with Gasteiger partial charge in [-0.2, -0.15) is 0 Å². The monoisotopic (exact) mass is 456 g/mol. The second kappa shape index (κ2) is 9.49. The minimum absolute atomic E-state index is 0.0205. The number of aryl methyl sites for hydroxylation is 2. The van der Waals surface area contributed by atoms with Gasteiger partial charge in [-0.1, -0.05) is 35.9 Å². The third-order valence-corrected chi connectivity index (χ3v) is 6.94. The molecule has 176 valence electrons. The molecule has 0 radical (unpaired) electrons. The van der Waals surface area contributed by atoms with E-state index in [1.165, 1.54) is 10.9 Å². The van der Waals surface area contributed by atoms with E-state index in [1.807, 2.05) is 25.1 Å². The predicted molar refractivity (Wildman–Crippen MR) is 139 cm³/mol. The van der Waals surface area contributed by atoms with E-state index in [2.05, 4.69) is 69.6 Å². The maximum Gasteiger partial charge on any atom is 0.238 e. The van der Waals surface area contributed by atoms with Gasteiger partial charge in [0.2, 0.25) is 5.91 Å². The second-order valence-electron chi connectivity index (χ2n) is 9.37. The molecular formula is C28H32N4O2. The van der Waals surface area contributed by atoms with Crippen LogP contribution >= 0.6 is 0 Å². The number of nitrogens with zero attached hydrogens (tertiary/aromatic N) is 2. The fraction of sp³-hybridized carbons (Fsp3) is 0.321. The van der Waals surface area contributed by atoms with E-state index >= 15 is 0 Å². The molecule has 0 aliphatic carbocycles. The standard InChI is InChI=1S/C28H32N4O2/c1-19-7-9-25(20(15-19)18-33)29-21-11-13-32(14-12-21)17-28(34)30-22-8-10-27-24(16-22)23-5-3-4-6-26(23)31(27)2/h3-10,15-16,21,29,33H,11-14,17-18H2,1-2H3,(H,30,34). The van der Waals surface area contributed by atoms with Gasteiger partial charge in [-0.3, -0.25) is 9.69 Å². The lowest BCUT2D eigenvalue weighted by Gasteiger charge is -2.32. The number of benzene rings is 3. The van der Waals surface area contributed by atoms with Crippen molar-refractivity contribution in [2.75, 3.05) is 30.3 Å². The van der Waals surface area contributed by atoms with Crippen molar-refractivity contribution >= 4 is 39.1 Å². The van der Waals surface area contributed by atoms with Crippen molar-refractivity contribution in [1.29, 1.82) is 0 Å². The molecular weight excluding hydrogens is 424 g/mol. The number of nitrogens with one attached hydrogen (secondary N) is 2. The maximum atomic E-state index is 12.8. The van der Waals surface area contributed by atoms with Crippen LogP contribution in [0.15, 0.2) is 60.7 Å². The Kier molecular flexibility index (Phi) is 6.26. The van der Waals surface area contributed by atoms with E-state index in [4.69, 9.17) is 0 Å². The molecule has 1 aliphatic rings. The highest BCUT2D eigenvalue weighted by atomic mass is 16.3. The molecule has 5 rings (SSSR count). The number of carbonyl (C=O) groups is 1. The number of anilines is 2. The number of amides is 1. The van der Waals surface area contributed by atoms with Crippen LogP contribution in [-0.2, 0) is 18.4 Å². The van der Waals surface area contributed by atoms with E-state index in [9.17, 15) is 9.90 Å². The normalized spacial score (nSPS) is 15.1. The molecule has 1 aliphatic heterocycles. The van der Waals surface area contributed by atoms with Gasteiger partial charge in [0.1, 0.15) is 0 Å². The van der Waals surface area contributed by atoms with Crippen LogP contribution in [0.1, 0.15) is 24.0 Å². The van der Waals surface area contributed by atoms with E-state index in [0.29, 0.717) is 12.6 Å². The van der Waals surface area contributed by atoms with Gasteiger partial charge in [0.05, 0.1) is 13.2 Å². The van der Waals surface area contributed by atoms with Crippen molar-refractivity contribution in [3.05, 3.63) is 71.8 Å². The molecule has 0 spiro atoms. The lowest BCUT2D eigenvalue weighted by atomic mass is 10.0. The van der Waals surface area contributed by atoms with Crippen LogP contribution in [0.25, 0.3) is 21.8 Å². The van der Waals surface area contributed by atoms with Crippen molar-refractivity contribution in [3.8, 4) is 0 Å². The first kappa shape index (κ1) is 22.4. The highest BCUT2D eigenvalue weighted by Gasteiger charge is 2.21. The summed E-state index contributed by atoms with van der Waals surface area (Å²) in [6.07, 6.45) is 1.93. The second-order valence-corrected chi connectivity index (χ2v) is 9.37. The van der Waals surface area contributed by atoms with Gasteiger partial charge in [0.15, 0.2) is 0 Å². The van der Waals surface area contributed by atoms with Crippen molar-refractivity contribution in [2.24, 2.45) is 7.05 Å². The Hall–Kier alpha value is -3.35. The van der Waals surface area contributed by atoms with E-state index in [0.717, 1.165) is 59.3 Å². The summed E-state index contributed by atoms with van der Waals surface area (Å²) in [6.45, 7) is 4.20. The number of carbonyl (C=O) groups excluding carboxylic acids is 1. The van der Waals surface area contributed by atoms with Crippen LogP contribution in [0.4, 0.5) is 11.4 Å². The Morgan fingerprint density at radius 2 is 1.76 bits per heavy atom. The molecule has 1 fully saturated rings. The van der Waals surface area contributed by atoms with Crippen LogP contribution in [0, 0.1) is 6.92 Å². The highest BCUT2D eigenvalue weighted by Crippen LogP contribution is 2.30. The molecule has 1 aromatic heterocycles. The number of hydrogen-bond donors (Lipinski definition) is 3. The molecule has 6 heteroatoms. The minimum atomic E-state index is 0.0205. The van der Waals surface area contributed by atoms with Crippen molar-refractivity contribution in [1.82, 2.24) is 9.47 Å². The van der Waals surface area contributed by atoms with Gasteiger partial charge < -0.3 is 20.3 Å². The molecule has 6 nitrogen and oxygen atoms in total. The number of piperidine rings is 1. The van der Waals surface area contributed by atoms with Gasteiger partial charge in [-0.15, -0.1) is 0 Å². The summed E-state index contributed by atoms with van der Waals surface area (Å²) in [4.78, 5) is 15.0. The lowest BCUT2D eigenvalue weighted by Crippen LogP contribution is -2.42. The summed E-state index contributed by atoms with van der Waals surface area (Å²) in [6, 6.07) is 21.0. The largest absolute Gasteiger partial charge is 0.392 e. The third kappa shape index (κ3) is 4.52. The number of fused-ring (bicyclic) bond motifs is 3. The topological polar surface area (TPSA) is 69.5 Å². The van der Waals surface area contributed by atoms with Crippen LogP contribution in [0.5, 0.6) is 0 Å². The zero-order valence-electron chi connectivity index (χ0n) is 19.8. The highest BCUT2D eigenvalue weighted by molar-refractivity contribution is 6.09. The van der Waals surface area contributed by atoms with Gasteiger partial charge in [-0.25, -0.2) is 0 Å². The summed E-state index contributed by atoms with van der Waals surface area (Å²) >= 11 is 0. The first-order valence-electron chi connectivity index (χ1n) is 12.0. The van der Waals surface area contributed by atoms with Gasteiger partial charge in [0.25, 0.3) is 0 Å². The summed E-state index contributed by atoms with van der Waals surface area (Å²) in [7, 11) is 2.07. The quantitative estimate of drug-likeness (QED) is 0.395. The smallest absolute Gasteiger partial charge is 0.238 e. The first-order valence-corrected chi connectivity index (χ1v) is 12.0. The van der Waals surface area contributed by atoms with Crippen LogP contribution < -0.4 is 10.6 Å².